The molecule has 1 aromatic heterocycles. The van der Waals surface area contributed by atoms with Gasteiger partial charge in [-0.05, 0) is 19.1 Å². The lowest BCUT2D eigenvalue weighted by atomic mass is 10.1. The Morgan fingerprint density at radius 3 is 2.75 bits per heavy atom. The van der Waals surface area contributed by atoms with Crippen LogP contribution in [0.4, 0.5) is 10.1 Å². The van der Waals surface area contributed by atoms with Gasteiger partial charge in [-0.2, -0.15) is 5.10 Å². The monoisotopic (exact) mass is 276 g/mol. The molecule has 0 bridgehead atoms. The molecule has 1 heterocycles. The van der Waals surface area contributed by atoms with Crippen LogP contribution in [0.25, 0.3) is 0 Å². The van der Waals surface area contributed by atoms with Crippen LogP contribution in [-0.4, -0.2) is 27.6 Å². The van der Waals surface area contributed by atoms with Gasteiger partial charge in [0.2, 0.25) is 0 Å². The Morgan fingerprint density at radius 1 is 1.50 bits per heavy atom. The molecular formula is C14H17FN4O. The SMILES string of the molecule is Cc1c(N)cc(C(=O)N(C)Cc2cnn(C)c2)cc1F. The zero-order chi connectivity index (χ0) is 14.9. The Labute approximate surface area is 116 Å². The molecule has 2 N–H and O–H groups in total. The van der Waals surface area contributed by atoms with E-state index >= 15 is 0 Å². The second kappa shape index (κ2) is 5.32. The maximum Gasteiger partial charge on any atom is 0.254 e. The van der Waals surface area contributed by atoms with Crippen LogP contribution in [0.2, 0.25) is 0 Å². The summed E-state index contributed by atoms with van der Waals surface area (Å²) in [4.78, 5) is 13.7. The van der Waals surface area contributed by atoms with Crippen molar-refractivity contribution in [3.8, 4) is 0 Å². The van der Waals surface area contributed by atoms with Crippen LogP contribution in [0.15, 0.2) is 24.5 Å². The highest BCUT2D eigenvalue weighted by Gasteiger charge is 2.15. The predicted molar refractivity (Wildman–Crippen MR) is 74.6 cm³/mol. The van der Waals surface area contributed by atoms with Crippen LogP contribution in [0.5, 0.6) is 0 Å². The van der Waals surface area contributed by atoms with Gasteiger partial charge in [0.05, 0.1) is 6.20 Å². The van der Waals surface area contributed by atoms with Gasteiger partial charge in [0.25, 0.3) is 5.91 Å². The van der Waals surface area contributed by atoms with E-state index in [2.05, 4.69) is 5.10 Å². The predicted octanol–water partition coefficient (Wildman–Crippen LogP) is 1.72. The van der Waals surface area contributed by atoms with Crippen molar-refractivity contribution < 1.29 is 9.18 Å². The lowest BCUT2D eigenvalue weighted by Crippen LogP contribution is -2.26. The maximum atomic E-state index is 13.6. The van der Waals surface area contributed by atoms with Crippen LogP contribution >= 0.6 is 0 Å². The quantitative estimate of drug-likeness (QED) is 0.868. The molecule has 1 aromatic carbocycles. The molecule has 1 amide bonds. The average Bonchev–Trinajstić information content (AvgIpc) is 2.79. The summed E-state index contributed by atoms with van der Waals surface area (Å²) >= 11 is 0. The number of hydrogen-bond acceptors (Lipinski definition) is 3. The zero-order valence-electron chi connectivity index (χ0n) is 11.7. The molecule has 20 heavy (non-hydrogen) atoms. The van der Waals surface area contributed by atoms with Crippen molar-refractivity contribution in [2.24, 2.45) is 7.05 Å². The highest BCUT2D eigenvalue weighted by Crippen LogP contribution is 2.19. The Morgan fingerprint density at radius 2 is 2.20 bits per heavy atom. The number of rotatable bonds is 3. The van der Waals surface area contributed by atoms with Gasteiger partial charge in [-0.3, -0.25) is 9.48 Å². The molecule has 0 spiro atoms. The van der Waals surface area contributed by atoms with Crippen molar-refractivity contribution >= 4 is 11.6 Å². The number of amides is 1. The van der Waals surface area contributed by atoms with Gasteiger partial charge in [0.1, 0.15) is 5.82 Å². The highest BCUT2D eigenvalue weighted by molar-refractivity contribution is 5.95. The van der Waals surface area contributed by atoms with Crippen LogP contribution < -0.4 is 5.73 Å². The molecule has 0 aliphatic heterocycles. The van der Waals surface area contributed by atoms with Gasteiger partial charge in [-0.1, -0.05) is 0 Å². The largest absolute Gasteiger partial charge is 0.398 e. The Balaban J connectivity index is 2.18. The summed E-state index contributed by atoms with van der Waals surface area (Å²) in [6.07, 6.45) is 3.52. The van der Waals surface area contributed by atoms with Gasteiger partial charge in [0, 0.05) is 49.2 Å². The number of nitrogens with zero attached hydrogens (tertiary/aromatic N) is 3. The number of carbonyl (C=O) groups is 1. The van der Waals surface area contributed by atoms with Crippen molar-refractivity contribution in [2.45, 2.75) is 13.5 Å². The minimum absolute atomic E-state index is 0.247. The molecule has 0 saturated heterocycles. The summed E-state index contributed by atoms with van der Waals surface area (Å²) in [5.41, 5.74) is 7.48. The van der Waals surface area contributed by atoms with E-state index < -0.39 is 5.82 Å². The highest BCUT2D eigenvalue weighted by atomic mass is 19.1. The van der Waals surface area contributed by atoms with Gasteiger partial charge >= 0.3 is 0 Å². The lowest BCUT2D eigenvalue weighted by Gasteiger charge is -2.17. The van der Waals surface area contributed by atoms with E-state index in [-0.39, 0.29) is 17.2 Å². The fourth-order valence-corrected chi connectivity index (χ4v) is 1.94. The van der Waals surface area contributed by atoms with Crippen LogP contribution in [0.3, 0.4) is 0 Å². The molecule has 0 radical (unpaired) electrons. The first kappa shape index (κ1) is 14.0. The lowest BCUT2D eigenvalue weighted by molar-refractivity contribution is 0.0784. The van der Waals surface area contributed by atoms with Gasteiger partial charge in [0.15, 0.2) is 0 Å². The number of aryl methyl sites for hydroxylation is 1. The first-order valence-corrected chi connectivity index (χ1v) is 6.17. The van der Waals surface area contributed by atoms with Crippen molar-refractivity contribution in [1.82, 2.24) is 14.7 Å². The van der Waals surface area contributed by atoms with Crippen LogP contribution in [0, 0.1) is 12.7 Å². The molecule has 5 nitrogen and oxygen atoms in total. The van der Waals surface area contributed by atoms with Crippen molar-refractivity contribution in [2.75, 3.05) is 12.8 Å². The van der Waals surface area contributed by atoms with E-state index in [4.69, 9.17) is 5.73 Å². The molecule has 2 aromatic rings. The topological polar surface area (TPSA) is 64.2 Å². The summed E-state index contributed by atoms with van der Waals surface area (Å²) in [5.74, 6) is -0.748. The fourth-order valence-electron chi connectivity index (χ4n) is 1.94. The Bertz CT molecular complexity index is 627. The molecule has 0 aliphatic carbocycles. The summed E-state index contributed by atoms with van der Waals surface area (Å²) < 4.78 is 15.3. The third-order valence-electron chi connectivity index (χ3n) is 3.16. The number of benzene rings is 1. The smallest absolute Gasteiger partial charge is 0.254 e. The number of anilines is 1. The number of halogens is 1. The normalized spacial score (nSPS) is 10.6. The minimum atomic E-state index is -0.469. The number of carbonyl (C=O) groups excluding carboxylic acids is 1. The molecule has 106 valence electrons. The summed E-state index contributed by atoms with van der Waals surface area (Å²) in [7, 11) is 3.46. The number of hydrogen-bond donors (Lipinski definition) is 1. The molecule has 0 saturated carbocycles. The van der Waals surface area contributed by atoms with E-state index in [1.807, 2.05) is 6.20 Å². The first-order chi connectivity index (χ1) is 9.38. The standard InChI is InChI=1S/C14H17FN4O/c1-9-12(15)4-11(5-13(9)16)14(20)18(2)7-10-6-17-19(3)8-10/h4-6,8H,7,16H2,1-3H3. The van der Waals surface area contributed by atoms with Crippen molar-refractivity contribution in [3.63, 3.8) is 0 Å². The van der Waals surface area contributed by atoms with E-state index in [1.54, 1.807) is 31.9 Å². The molecule has 2 rings (SSSR count). The van der Waals surface area contributed by atoms with E-state index in [0.29, 0.717) is 12.1 Å². The Kier molecular flexibility index (Phi) is 3.74. The number of nitrogens with two attached hydrogens (primary N) is 1. The average molecular weight is 276 g/mol. The third-order valence-corrected chi connectivity index (χ3v) is 3.16. The van der Waals surface area contributed by atoms with Crippen LogP contribution in [0.1, 0.15) is 21.5 Å². The van der Waals surface area contributed by atoms with E-state index in [1.165, 1.54) is 17.0 Å². The molecule has 0 aliphatic rings. The maximum absolute atomic E-state index is 13.6. The van der Waals surface area contributed by atoms with Gasteiger partial charge in [-0.25, -0.2) is 4.39 Å². The summed E-state index contributed by atoms with van der Waals surface area (Å²) in [6, 6.07) is 2.72. The molecule has 0 fully saturated rings. The molecule has 0 unspecified atom stereocenters. The van der Waals surface area contributed by atoms with Gasteiger partial charge < -0.3 is 10.6 Å². The number of aromatic nitrogens is 2. The van der Waals surface area contributed by atoms with Crippen molar-refractivity contribution in [1.29, 1.82) is 0 Å². The van der Waals surface area contributed by atoms with E-state index in [9.17, 15) is 9.18 Å². The van der Waals surface area contributed by atoms with Crippen molar-refractivity contribution in [3.05, 3.63) is 47.0 Å². The summed E-state index contributed by atoms with van der Waals surface area (Å²) in [6.45, 7) is 1.99. The molecular weight excluding hydrogens is 259 g/mol. The Hall–Kier alpha value is -2.37. The fraction of sp³-hybridized carbons (Fsp3) is 0.286. The van der Waals surface area contributed by atoms with E-state index in [0.717, 1.165) is 5.56 Å². The molecule has 6 heteroatoms. The zero-order valence-corrected chi connectivity index (χ0v) is 11.7. The number of nitrogen functional groups attached to an aromatic ring is 1. The second-order valence-corrected chi connectivity index (χ2v) is 4.86. The molecule has 0 atom stereocenters. The third kappa shape index (κ3) is 2.79. The second-order valence-electron chi connectivity index (χ2n) is 4.86. The summed E-state index contributed by atoms with van der Waals surface area (Å²) in [5, 5.41) is 4.04. The minimum Gasteiger partial charge on any atom is -0.398 e. The van der Waals surface area contributed by atoms with Crippen LogP contribution in [-0.2, 0) is 13.6 Å². The first-order valence-electron chi connectivity index (χ1n) is 6.17. The van der Waals surface area contributed by atoms with Gasteiger partial charge in [-0.15, -0.1) is 0 Å².